The molecule has 0 aliphatic rings. The molecule has 0 saturated heterocycles. The van der Waals surface area contributed by atoms with E-state index in [1.165, 1.54) is 42.5 Å². The van der Waals surface area contributed by atoms with Crippen molar-refractivity contribution in [2.24, 2.45) is 0 Å². The maximum atomic E-state index is 13.6. The number of rotatable bonds is 8. The summed E-state index contributed by atoms with van der Waals surface area (Å²) in [6.07, 6.45) is -4.72. The lowest BCUT2D eigenvalue weighted by Crippen LogP contribution is -2.37. The number of carbonyl (C=O) groups is 1. The minimum Gasteiger partial charge on any atom is -0.507 e. The minimum atomic E-state index is -4.56. The number of alkyl halides is 3. The van der Waals surface area contributed by atoms with Crippen molar-refractivity contribution >= 4 is 27.6 Å². The molecule has 0 aromatic heterocycles. The zero-order valence-corrected chi connectivity index (χ0v) is 22.1. The molecule has 1 atom stereocenters. The van der Waals surface area contributed by atoms with Gasteiger partial charge in [0.1, 0.15) is 11.5 Å². The molecule has 1 amide bonds. The van der Waals surface area contributed by atoms with Crippen molar-refractivity contribution in [3.63, 3.8) is 0 Å². The van der Waals surface area contributed by atoms with E-state index in [1.54, 1.807) is 19.2 Å². The van der Waals surface area contributed by atoms with Crippen LogP contribution in [0.3, 0.4) is 0 Å². The number of anilines is 1. The van der Waals surface area contributed by atoms with Gasteiger partial charge in [-0.25, -0.2) is 4.72 Å². The number of hydrogen-bond donors (Lipinski definition) is 3. The first kappa shape index (κ1) is 28.9. The molecule has 0 saturated carbocycles. The highest BCUT2D eigenvalue weighted by atomic mass is 32.2. The number of ether oxygens (including phenoxy) is 1. The lowest BCUT2D eigenvalue weighted by Gasteiger charge is -2.27. The van der Waals surface area contributed by atoms with Gasteiger partial charge in [0.25, 0.3) is 5.91 Å². The Labute approximate surface area is 222 Å². The number of nitriles is 1. The molecule has 0 spiro atoms. The highest BCUT2D eigenvalue weighted by Crippen LogP contribution is 2.39. The standard InChI is InChI=1S/C28H28F3N3O3S/c1-5-38(34-27(2,3)37-4)25-13-10-19(17-24(25)35)26(36)33-20-11-12-21(18(16-20)14-15-32)22-8-6-7-9-23(22)28(29,30)31/h5-13,16-17,34-35H,14H2,1-4H3,(H,33,36). The van der Waals surface area contributed by atoms with Gasteiger partial charge in [-0.15, -0.1) is 0 Å². The Morgan fingerprint density at radius 2 is 1.82 bits per heavy atom. The third-order valence-electron chi connectivity index (χ3n) is 5.72. The molecule has 200 valence electrons. The quantitative estimate of drug-likeness (QED) is 0.216. The number of hydrogen-bond acceptors (Lipinski definition) is 5. The average molecular weight is 544 g/mol. The van der Waals surface area contributed by atoms with E-state index in [0.717, 1.165) is 6.07 Å². The van der Waals surface area contributed by atoms with Crippen LogP contribution in [0.25, 0.3) is 11.1 Å². The number of carbonyl (C=O) groups excluding carboxylic acids is 1. The van der Waals surface area contributed by atoms with E-state index < -0.39 is 34.0 Å². The number of phenolic OH excluding ortho intramolecular Hbond substituents is 1. The molecule has 0 bridgehead atoms. The number of phenols is 1. The monoisotopic (exact) mass is 543 g/mol. The van der Waals surface area contributed by atoms with Gasteiger partial charge < -0.3 is 15.2 Å². The number of amides is 1. The first-order valence-corrected chi connectivity index (χ1v) is 12.9. The van der Waals surface area contributed by atoms with Gasteiger partial charge >= 0.3 is 6.18 Å². The van der Waals surface area contributed by atoms with Gasteiger partial charge in [-0.1, -0.05) is 34.9 Å². The Bertz CT molecular complexity index is 1410. The van der Waals surface area contributed by atoms with Crippen molar-refractivity contribution in [3.05, 3.63) is 77.4 Å². The normalized spacial score (nSPS) is 12.7. The Balaban J connectivity index is 1.89. The maximum absolute atomic E-state index is 13.6. The number of benzene rings is 3. The van der Waals surface area contributed by atoms with Crippen molar-refractivity contribution in [1.82, 2.24) is 4.72 Å². The highest BCUT2D eigenvalue weighted by Gasteiger charge is 2.33. The topological polar surface area (TPSA) is 94.4 Å². The summed E-state index contributed by atoms with van der Waals surface area (Å²) in [6.45, 7) is 5.55. The lowest BCUT2D eigenvalue weighted by molar-refractivity contribution is -0.137. The first-order valence-electron chi connectivity index (χ1n) is 11.6. The number of nitrogens with one attached hydrogen (secondary N) is 2. The molecule has 10 heteroatoms. The second-order valence-corrected chi connectivity index (χ2v) is 10.6. The summed E-state index contributed by atoms with van der Waals surface area (Å²) in [6, 6.07) is 16.1. The fraction of sp³-hybridized carbons (Fsp3) is 0.250. The van der Waals surface area contributed by atoms with Crippen LogP contribution in [0.5, 0.6) is 5.75 Å². The Morgan fingerprint density at radius 1 is 1.11 bits per heavy atom. The third kappa shape index (κ3) is 6.81. The smallest absolute Gasteiger partial charge is 0.417 e. The predicted octanol–water partition coefficient (Wildman–Crippen LogP) is 6.73. The lowest BCUT2D eigenvalue weighted by atomic mass is 9.93. The zero-order valence-electron chi connectivity index (χ0n) is 21.3. The van der Waals surface area contributed by atoms with Gasteiger partial charge in [0.2, 0.25) is 0 Å². The Morgan fingerprint density at radius 3 is 2.42 bits per heavy atom. The van der Waals surface area contributed by atoms with E-state index in [1.807, 2.05) is 32.2 Å². The van der Waals surface area contributed by atoms with Gasteiger partial charge in [0.05, 0.1) is 22.9 Å². The third-order valence-corrected chi connectivity index (χ3v) is 7.72. The molecule has 3 aromatic rings. The van der Waals surface area contributed by atoms with E-state index in [2.05, 4.69) is 10.0 Å². The largest absolute Gasteiger partial charge is 0.507 e. The van der Waals surface area contributed by atoms with Crippen LogP contribution < -0.4 is 10.0 Å². The van der Waals surface area contributed by atoms with E-state index in [-0.39, 0.29) is 28.9 Å². The summed E-state index contributed by atoms with van der Waals surface area (Å²) in [4.78, 5) is 13.5. The summed E-state index contributed by atoms with van der Waals surface area (Å²) in [7, 11) is 0.908. The average Bonchev–Trinajstić information content (AvgIpc) is 2.87. The highest BCUT2D eigenvalue weighted by molar-refractivity contribution is 8.13. The van der Waals surface area contributed by atoms with Crippen LogP contribution in [0.4, 0.5) is 18.9 Å². The van der Waals surface area contributed by atoms with Crippen LogP contribution in [0.2, 0.25) is 0 Å². The molecule has 0 fully saturated rings. The molecular weight excluding hydrogens is 515 g/mol. The minimum absolute atomic E-state index is 0.0444. The zero-order chi connectivity index (χ0) is 28.1. The van der Waals surface area contributed by atoms with Gasteiger partial charge in [0.15, 0.2) is 0 Å². The van der Waals surface area contributed by atoms with Crippen LogP contribution in [0, 0.1) is 11.3 Å². The second-order valence-electron chi connectivity index (χ2n) is 8.78. The van der Waals surface area contributed by atoms with Gasteiger partial charge in [-0.3, -0.25) is 4.79 Å². The summed E-state index contributed by atoms with van der Waals surface area (Å²) >= 11 is 0. The Kier molecular flexibility index (Phi) is 8.99. The molecule has 38 heavy (non-hydrogen) atoms. The van der Waals surface area contributed by atoms with Crippen molar-refractivity contribution in [1.29, 1.82) is 5.26 Å². The molecule has 0 radical (unpaired) electrons. The molecule has 1 unspecified atom stereocenters. The molecule has 0 heterocycles. The van der Waals surface area contributed by atoms with Crippen LogP contribution >= 0.6 is 10.7 Å². The van der Waals surface area contributed by atoms with E-state index in [0.29, 0.717) is 16.1 Å². The van der Waals surface area contributed by atoms with Gasteiger partial charge in [-0.05, 0) is 79.2 Å². The van der Waals surface area contributed by atoms with Crippen molar-refractivity contribution in [2.75, 3.05) is 12.4 Å². The molecule has 0 aliphatic carbocycles. The molecule has 3 rings (SSSR count). The summed E-state index contributed by atoms with van der Waals surface area (Å²) < 4.78 is 49.4. The van der Waals surface area contributed by atoms with Crippen LogP contribution in [-0.4, -0.2) is 29.2 Å². The van der Waals surface area contributed by atoms with Crippen LogP contribution in [-0.2, 0) is 17.3 Å². The molecular formula is C28H28F3N3O3S. The predicted molar refractivity (Wildman–Crippen MR) is 144 cm³/mol. The van der Waals surface area contributed by atoms with Gasteiger partial charge in [0, 0.05) is 18.4 Å². The fourth-order valence-corrected chi connectivity index (χ4v) is 5.32. The summed E-state index contributed by atoms with van der Waals surface area (Å²) in [5, 5.41) is 24.5. The maximum Gasteiger partial charge on any atom is 0.417 e. The van der Waals surface area contributed by atoms with Crippen molar-refractivity contribution in [3.8, 4) is 22.9 Å². The van der Waals surface area contributed by atoms with E-state index in [4.69, 9.17) is 4.74 Å². The van der Waals surface area contributed by atoms with Crippen LogP contribution in [0.1, 0.15) is 42.3 Å². The Hall–Kier alpha value is -3.65. The summed E-state index contributed by atoms with van der Waals surface area (Å²) in [5.74, 6) is -0.605. The number of methoxy groups -OCH3 is 1. The van der Waals surface area contributed by atoms with Gasteiger partial charge in [-0.2, -0.15) is 18.4 Å². The number of nitrogens with zero attached hydrogens (tertiary/aromatic N) is 1. The van der Waals surface area contributed by atoms with E-state index in [9.17, 15) is 28.3 Å². The summed E-state index contributed by atoms with van der Waals surface area (Å²) in [5.41, 5.74) is -0.405. The van der Waals surface area contributed by atoms with Crippen molar-refractivity contribution in [2.45, 2.75) is 44.0 Å². The molecule has 3 N–H and O–H groups in total. The van der Waals surface area contributed by atoms with Crippen molar-refractivity contribution < 1.29 is 27.8 Å². The van der Waals surface area contributed by atoms with E-state index >= 15 is 0 Å². The van der Waals surface area contributed by atoms with Crippen LogP contribution in [0.15, 0.2) is 65.6 Å². The molecule has 6 nitrogen and oxygen atoms in total. The first-order chi connectivity index (χ1) is 17.9. The molecule has 0 aliphatic heterocycles. The molecule has 3 aromatic carbocycles. The number of aromatic hydroxyl groups is 1. The fourth-order valence-electron chi connectivity index (χ4n) is 3.73. The SMILES string of the molecule is C/C=S(\NC(C)(C)OC)c1ccc(C(=O)Nc2ccc(-c3ccccc3C(F)(F)F)c(CC#N)c2)cc1O. The number of halogens is 3. The second kappa shape index (κ2) is 11.8.